The van der Waals surface area contributed by atoms with Crippen LogP contribution in [0.5, 0.6) is 0 Å². The summed E-state index contributed by atoms with van der Waals surface area (Å²) in [7, 11) is 1.17. The van der Waals surface area contributed by atoms with E-state index in [1.54, 1.807) is 17.0 Å². The lowest BCUT2D eigenvalue weighted by molar-refractivity contribution is -0.157. The highest BCUT2D eigenvalue weighted by atomic mass is 35.5. The highest BCUT2D eigenvalue weighted by molar-refractivity contribution is 5.85. The molecule has 0 unspecified atom stereocenters. The molecule has 0 aliphatic carbocycles. The molecule has 0 spiro atoms. The van der Waals surface area contributed by atoms with E-state index in [9.17, 15) is 18.0 Å². The van der Waals surface area contributed by atoms with Crippen molar-refractivity contribution in [2.75, 3.05) is 37.3 Å². The van der Waals surface area contributed by atoms with Crippen LogP contribution in [0.25, 0.3) is 0 Å². The van der Waals surface area contributed by atoms with Crippen LogP contribution in [0.2, 0.25) is 0 Å². The van der Waals surface area contributed by atoms with E-state index in [0.717, 1.165) is 24.1 Å². The molecule has 2 N–H and O–H groups in total. The monoisotopic (exact) mass is 337 g/mol. The molecule has 8 heteroatoms. The zero-order chi connectivity index (χ0) is 15.6. The molecule has 2 rings (SSSR count). The SMILES string of the molecule is CN(CC(F)(F)F)C(=O)CN1CCCc2c(N)cccc21.Cl. The van der Waals surface area contributed by atoms with Crippen molar-refractivity contribution in [3.05, 3.63) is 23.8 Å². The van der Waals surface area contributed by atoms with Crippen LogP contribution in [0.3, 0.4) is 0 Å². The van der Waals surface area contributed by atoms with E-state index in [0.29, 0.717) is 17.1 Å². The van der Waals surface area contributed by atoms with Gasteiger partial charge in [0, 0.05) is 25.0 Å². The Morgan fingerprint density at radius 2 is 2.09 bits per heavy atom. The highest BCUT2D eigenvalue weighted by Crippen LogP contribution is 2.31. The van der Waals surface area contributed by atoms with Gasteiger partial charge in [0.1, 0.15) is 6.54 Å². The van der Waals surface area contributed by atoms with Gasteiger partial charge in [0.25, 0.3) is 0 Å². The van der Waals surface area contributed by atoms with Crippen molar-refractivity contribution in [2.45, 2.75) is 19.0 Å². The Hall–Kier alpha value is -1.63. The number of nitrogens with two attached hydrogens (primary N) is 1. The summed E-state index contributed by atoms with van der Waals surface area (Å²) < 4.78 is 36.9. The molecule has 1 aliphatic rings. The molecular formula is C14H19ClF3N3O. The quantitative estimate of drug-likeness (QED) is 0.862. The Labute approximate surface area is 133 Å². The number of amides is 1. The first-order valence-corrected chi connectivity index (χ1v) is 6.71. The zero-order valence-electron chi connectivity index (χ0n) is 12.2. The predicted octanol–water partition coefficient (Wildman–Crippen LogP) is 2.46. The lowest BCUT2D eigenvalue weighted by Crippen LogP contribution is -2.43. The van der Waals surface area contributed by atoms with Gasteiger partial charge in [-0.1, -0.05) is 6.07 Å². The molecule has 0 radical (unpaired) electrons. The van der Waals surface area contributed by atoms with Gasteiger partial charge in [-0.05, 0) is 30.5 Å². The number of likely N-dealkylation sites (N-methyl/N-ethyl adjacent to an activating group) is 1. The minimum Gasteiger partial charge on any atom is -0.398 e. The van der Waals surface area contributed by atoms with Crippen molar-refractivity contribution >= 4 is 29.7 Å². The number of nitrogen functional groups attached to an aromatic ring is 1. The number of carbonyl (C=O) groups is 1. The van der Waals surface area contributed by atoms with E-state index in [1.807, 2.05) is 6.07 Å². The van der Waals surface area contributed by atoms with Crippen LogP contribution >= 0.6 is 12.4 Å². The van der Waals surface area contributed by atoms with Crippen molar-refractivity contribution in [3.8, 4) is 0 Å². The summed E-state index contributed by atoms with van der Waals surface area (Å²) >= 11 is 0. The van der Waals surface area contributed by atoms with E-state index >= 15 is 0 Å². The van der Waals surface area contributed by atoms with Crippen LogP contribution in [-0.2, 0) is 11.2 Å². The number of alkyl halides is 3. The molecule has 22 heavy (non-hydrogen) atoms. The van der Waals surface area contributed by atoms with Crippen LogP contribution in [0.4, 0.5) is 24.5 Å². The van der Waals surface area contributed by atoms with Crippen LogP contribution in [0.1, 0.15) is 12.0 Å². The molecule has 1 aromatic carbocycles. The second-order valence-corrected chi connectivity index (χ2v) is 5.24. The lowest BCUT2D eigenvalue weighted by Gasteiger charge is -2.32. The van der Waals surface area contributed by atoms with Gasteiger partial charge in [-0.2, -0.15) is 13.2 Å². The zero-order valence-corrected chi connectivity index (χ0v) is 13.0. The molecule has 0 atom stereocenters. The first-order valence-electron chi connectivity index (χ1n) is 6.71. The Kier molecular flexibility index (Phi) is 5.93. The Balaban J connectivity index is 0.00000242. The Bertz CT molecular complexity index is 537. The van der Waals surface area contributed by atoms with Crippen LogP contribution in [0, 0.1) is 0 Å². The molecule has 124 valence electrons. The van der Waals surface area contributed by atoms with E-state index in [1.165, 1.54) is 7.05 Å². The second-order valence-electron chi connectivity index (χ2n) is 5.24. The van der Waals surface area contributed by atoms with Crippen molar-refractivity contribution in [3.63, 3.8) is 0 Å². The minimum atomic E-state index is -4.38. The molecule has 0 aromatic heterocycles. The number of nitrogens with zero attached hydrogens (tertiary/aromatic N) is 2. The molecule has 1 amide bonds. The third-order valence-corrected chi connectivity index (χ3v) is 3.55. The molecule has 1 heterocycles. The lowest BCUT2D eigenvalue weighted by atomic mass is 10.00. The molecular weight excluding hydrogens is 319 g/mol. The molecule has 0 saturated heterocycles. The van der Waals surface area contributed by atoms with Crippen molar-refractivity contribution in [1.29, 1.82) is 0 Å². The van der Waals surface area contributed by atoms with Gasteiger partial charge in [-0.25, -0.2) is 0 Å². The number of hydrogen-bond acceptors (Lipinski definition) is 3. The van der Waals surface area contributed by atoms with E-state index < -0.39 is 18.6 Å². The fourth-order valence-corrected chi connectivity index (χ4v) is 2.53. The first kappa shape index (κ1) is 18.4. The minimum absolute atomic E-state index is 0. The average Bonchev–Trinajstić information content (AvgIpc) is 2.38. The smallest absolute Gasteiger partial charge is 0.398 e. The summed E-state index contributed by atoms with van der Waals surface area (Å²) in [6.45, 7) is -0.658. The van der Waals surface area contributed by atoms with Crippen molar-refractivity contribution in [1.82, 2.24) is 4.90 Å². The highest BCUT2D eigenvalue weighted by Gasteiger charge is 2.32. The summed E-state index contributed by atoms with van der Waals surface area (Å²) in [6.07, 6.45) is -2.72. The van der Waals surface area contributed by atoms with Gasteiger partial charge in [-0.15, -0.1) is 12.4 Å². The number of carbonyl (C=O) groups excluding carboxylic acids is 1. The Morgan fingerprint density at radius 1 is 1.41 bits per heavy atom. The summed E-state index contributed by atoms with van der Waals surface area (Å²) in [6, 6.07) is 5.43. The van der Waals surface area contributed by atoms with Gasteiger partial charge in [-0.3, -0.25) is 4.79 Å². The summed E-state index contributed by atoms with van der Waals surface area (Å²) in [5.41, 5.74) is 8.38. The molecule has 4 nitrogen and oxygen atoms in total. The van der Waals surface area contributed by atoms with Crippen molar-refractivity contribution in [2.24, 2.45) is 0 Å². The molecule has 0 fully saturated rings. The van der Waals surface area contributed by atoms with Gasteiger partial charge >= 0.3 is 6.18 Å². The fourth-order valence-electron chi connectivity index (χ4n) is 2.53. The largest absolute Gasteiger partial charge is 0.406 e. The first-order chi connectivity index (χ1) is 9.78. The van der Waals surface area contributed by atoms with Gasteiger partial charge in [0.05, 0.1) is 6.54 Å². The third kappa shape index (κ3) is 4.43. The molecule has 1 aromatic rings. The van der Waals surface area contributed by atoms with Crippen LogP contribution in [0.15, 0.2) is 18.2 Å². The number of anilines is 2. The van der Waals surface area contributed by atoms with Gasteiger partial charge < -0.3 is 15.5 Å². The maximum atomic E-state index is 12.3. The second kappa shape index (κ2) is 7.09. The molecule has 0 bridgehead atoms. The normalized spacial score (nSPS) is 14.1. The number of halogens is 4. The van der Waals surface area contributed by atoms with Crippen LogP contribution in [-0.4, -0.2) is 43.7 Å². The number of benzene rings is 1. The molecule has 0 saturated carbocycles. The van der Waals surface area contributed by atoms with E-state index in [-0.39, 0.29) is 19.0 Å². The molecule has 1 aliphatic heterocycles. The fraction of sp³-hybridized carbons (Fsp3) is 0.500. The summed E-state index contributed by atoms with van der Waals surface area (Å²) in [4.78, 5) is 14.4. The average molecular weight is 338 g/mol. The number of hydrogen-bond donors (Lipinski definition) is 1. The van der Waals surface area contributed by atoms with E-state index in [2.05, 4.69) is 0 Å². The van der Waals surface area contributed by atoms with Crippen LogP contribution < -0.4 is 10.6 Å². The maximum Gasteiger partial charge on any atom is 0.406 e. The standard InChI is InChI=1S/C14H18F3N3O.ClH/c1-19(9-14(15,16)17)13(21)8-20-7-3-4-10-11(18)5-2-6-12(10)20;/h2,5-6H,3-4,7-9,18H2,1H3;1H. The predicted molar refractivity (Wildman–Crippen MR) is 82.3 cm³/mol. The Morgan fingerprint density at radius 3 is 2.73 bits per heavy atom. The summed E-state index contributed by atoms with van der Waals surface area (Å²) in [5.74, 6) is -0.553. The van der Waals surface area contributed by atoms with Gasteiger partial charge in [0.2, 0.25) is 5.91 Å². The number of fused-ring (bicyclic) bond motifs is 1. The summed E-state index contributed by atoms with van der Waals surface area (Å²) in [5, 5.41) is 0. The third-order valence-electron chi connectivity index (χ3n) is 3.55. The number of rotatable bonds is 3. The van der Waals surface area contributed by atoms with Crippen molar-refractivity contribution < 1.29 is 18.0 Å². The van der Waals surface area contributed by atoms with E-state index in [4.69, 9.17) is 5.73 Å². The van der Waals surface area contributed by atoms with Gasteiger partial charge in [0.15, 0.2) is 0 Å². The maximum absolute atomic E-state index is 12.3. The topological polar surface area (TPSA) is 49.6 Å².